The van der Waals surface area contributed by atoms with Crippen molar-refractivity contribution >= 4 is 11.6 Å². The van der Waals surface area contributed by atoms with Gasteiger partial charge in [-0.3, -0.25) is 0 Å². The first-order chi connectivity index (χ1) is 10.0. The summed E-state index contributed by atoms with van der Waals surface area (Å²) >= 11 is 0. The molecular formula is C16H29N5. The predicted octanol–water partition coefficient (Wildman–Crippen LogP) is 2.42. The van der Waals surface area contributed by atoms with Crippen molar-refractivity contribution < 1.29 is 0 Å². The summed E-state index contributed by atoms with van der Waals surface area (Å²) in [5, 5.41) is 3.21. The van der Waals surface area contributed by atoms with Gasteiger partial charge in [-0.2, -0.15) is 0 Å². The number of hydrogen-bond donors (Lipinski definition) is 1. The Morgan fingerprint density at radius 2 is 1.95 bits per heavy atom. The molecule has 1 aromatic heterocycles. The maximum Gasteiger partial charge on any atom is 0.137 e. The summed E-state index contributed by atoms with van der Waals surface area (Å²) in [5.74, 6) is 3.31. The minimum atomic E-state index is 0.420. The Labute approximate surface area is 128 Å². The van der Waals surface area contributed by atoms with Crippen LogP contribution in [0.25, 0.3) is 0 Å². The van der Waals surface area contributed by atoms with Crippen LogP contribution in [-0.2, 0) is 0 Å². The summed E-state index contributed by atoms with van der Waals surface area (Å²) < 4.78 is 0. The van der Waals surface area contributed by atoms with E-state index in [9.17, 15) is 0 Å². The van der Waals surface area contributed by atoms with E-state index in [0.29, 0.717) is 5.92 Å². The van der Waals surface area contributed by atoms with Gasteiger partial charge in [0.25, 0.3) is 0 Å². The molecule has 0 atom stereocenters. The van der Waals surface area contributed by atoms with Gasteiger partial charge in [0, 0.05) is 32.2 Å². The van der Waals surface area contributed by atoms with Crippen molar-refractivity contribution in [2.24, 2.45) is 5.92 Å². The number of hydrogen-bond acceptors (Lipinski definition) is 5. The Morgan fingerprint density at radius 1 is 1.29 bits per heavy atom. The van der Waals surface area contributed by atoms with Gasteiger partial charge < -0.3 is 15.1 Å². The summed E-state index contributed by atoms with van der Waals surface area (Å²) in [6.07, 6.45) is 4.17. The van der Waals surface area contributed by atoms with Crippen molar-refractivity contribution in [1.82, 2.24) is 14.9 Å². The quantitative estimate of drug-likeness (QED) is 0.902. The van der Waals surface area contributed by atoms with Crippen molar-refractivity contribution in [3.63, 3.8) is 0 Å². The molecule has 5 nitrogen and oxygen atoms in total. The maximum atomic E-state index is 4.58. The second kappa shape index (κ2) is 7.07. The Balaban J connectivity index is 2.13. The van der Waals surface area contributed by atoms with Gasteiger partial charge in [0.2, 0.25) is 0 Å². The lowest BCUT2D eigenvalue weighted by atomic mass is 9.95. The smallest absolute Gasteiger partial charge is 0.137 e. The fourth-order valence-corrected chi connectivity index (χ4v) is 3.21. The molecule has 0 unspecified atom stereocenters. The maximum absolute atomic E-state index is 4.58. The van der Waals surface area contributed by atoms with Crippen LogP contribution in [0.4, 0.5) is 11.6 Å². The predicted molar refractivity (Wildman–Crippen MR) is 89.2 cm³/mol. The van der Waals surface area contributed by atoms with Gasteiger partial charge in [0.15, 0.2) is 0 Å². The molecule has 2 heterocycles. The van der Waals surface area contributed by atoms with Crippen LogP contribution in [0.5, 0.6) is 0 Å². The minimum Gasteiger partial charge on any atom is -0.373 e. The molecule has 1 saturated heterocycles. The van der Waals surface area contributed by atoms with Crippen LogP contribution in [-0.4, -0.2) is 55.6 Å². The molecule has 1 aliphatic heterocycles. The largest absolute Gasteiger partial charge is 0.373 e. The van der Waals surface area contributed by atoms with E-state index in [1.165, 1.54) is 24.9 Å². The van der Waals surface area contributed by atoms with Crippen molar-refractivity contribution in [3.8, 4) is 0 Å². The van der Waals surface area contributed by atoms with Crippen LogP contribution >= 0.6 is 0 Å². The molecule has 2 rings (SSSR count). The van der Waals surface area contributed by atoms with Crippen molar-refractivity contribution in [2.45, 2.75) is 32.6 Å². The molecule has 21 heavy (non-hydrogen) atoms. The second-order valence-electron chi connectivity index (χ2n) is 6.56. The van der Waals surface area contributed by atoms with E-state index in [0.717, 1.165) is 30.6 Å². The van der Waals surface area contributed by atoms with E-state index in [4.69, 9.17) is 0 Å². The standard InChI is InChI=1S/C16H29N5/c1-12(2)14-15(17-3)18-11-19-16(14)21-8-6-13(7-9-21)10-20(4)5/h11-13H,6-10H2,1-5H3,(H,17,18,19). The van der Waals surface area contributed by atoms with E-state index in [2.05, 4.69) is 53.0 Å². The van der Waals surface area contributed by atoms with Gasteiger partial charge in [-0.1, -0.05) is 13.8 Å². The van der Waals surface area contributed by atoms with E-state index >= 15 is 0 Å². The minimum absolute atomic E-state index is 0.420. The molecular weight excluding hydrogens is 262 g/mol. The lowest BCUT2D eigenvalue weighted by Crippen LogP contribution is -2.38. The number of rotatable bonds is 5. The van der Waals surface area contributed by atoms with Gasteiger partial charge in [-0.25, -0.2) is 9.97 Å². The Bertz CT molecular complexity index is 450. The average molecular weight is 291 g/mol. The highest BCUT2D eigenvalue weighted by atomic mass is 15.2. The summed E-state index contributed by atoms with van der Waals surface area (Å²) in [6, 6.07) is 0. The number of nitrogens with one attached hydrogen (secondary N) is 1. The Kier molecular flexibility index (Phi) is 5.39. The van der Waals surface area contributed by atoms with Crippen molar-refractivity contribution in [3.05, 3.63) is 11.9 Å². The molecule has 0 radical (unpaired) electrons. The van der Waals surface area contributed by atoms with E-state index in [-0.39, 0.29) is 0 Å². The highest BCUT2D eigenvalue weighted by molar-refractivity contribution is 5.60. The van der Waals surface area contributed by atoms with Gasteiger partial charge in [0.1, 0.15) is 18.0 Å². The molecule has 0 amide bonds. The lowest BCUT2D eigenvalue weighted by molar-refractivity contribution is 0.284. The Hall–Kier alpha value is -1.36. The molecule has 5 heteroatoms. The highest BCUT2D eigenvalue weighted by Crippen LogP contribution is 2.32. The molecule has 1 N–H and O–H groups in total. The molecule has 1 aromatic rings. The van der Waals surface area contributed by atoms with E-state index in [1.807, 2.05) is 7.05 Å². The van der Waals surface area contributed by atoms with Gasteiger partial charge in [-0.15, -0.1) is 0 Å². The number of anilines is 2. The molecule has 0 saturated carbocycles. The fourth-order valence-electron chi connectivity index (χ4n) is 3.21. The van der Waals surface area contributed by atoms with Crippen LogP contribution in [0.1, 0.15) is 38.2 Å². The first kappa shape index (κ1) is 16.0. The van der Waals surface area contributed by atoms with Crippen molar-refractivity contribution in [2.75, 3.05) is 51.0 Å². The normalized spacial score (nSPS) is 16.8. The van der Waals surface area contributed by atoms with E-state index in [1.54, 1.807) is 6.33 Å². The highest BCUT2D eigenvalue weighted by Gasteiger charge is 2.24. The lowest BCUT2D eigenvalue weighted by Gasteiger charge is -2.35. The molecule has 1 aliphatic rings. The summed E-state index contributed by atoms with van der Waals surface area (Å²) in [4.78, 5) is 13.7. The van der Waals surface area contributed by atoms with Crippen LogP contribution in [0, 0.1) is 5.92 Å². The van der Waals surface area contributed by atoms with Crippen molar-refractivity contribution in [1.29, 1.82) is 0 Å². The van der Waals surface area contributed by atoms with Crippen LogP contribution in [0.2, 0.25) is 0 Å². The van der Waals surface area contributed by atoms with Gasteiger partial charge in [-0.05, 0) is 38.8 Å². The molecule has 0 spiro atoms. The second-order valence-corrected chi connectivity index (χ2v) is 6.56. The first-order valence-electron chi connectivity index (χ1n) is 7.95. The summed E-state index contributed by atoms with van der Waals surface area (Å²) in [6.45, 7) is 7.80. The third-order valence-electron chi connectivity index (χ3n) is 4.21. The van der Waals surface area contributed by atoms with Crippen LogP contribution in [0.15, 0.2) is 6.33 Å². The summed E-state index contributed by atoms with van der Waals surface area (Å²) in [7, 11) is 6.25. The van der Waals surface area contributed by atoms with Gasteiger partial charge >= 0.3 is 0 Å². The topological polar surface area (TPSA) is 44.3 Å². The molecule has 118 valence electrons. The Morgan fingerprint density at radius 3 is 2.48 bits per heavy atom. The SMILES string of the molecule is CNc1ncnc(N2CCC(CN(C)C)CC2)c1C(C)C. The van der Waals surface area contributed by atoms with Crippen LogP contribution < -0.4 is 10.2 Å². The molecule has 1 fully saturated rings. The molecule has 0 bridgehead atoms. The van der Waals surface area contributed by atoms with E-state index < -0.39 is 0 Å². The third-order valence-corrected chi connectivity index (χ3v) is 4.21. The zero-order chi connectivity index (χ0) is 15.4. The van der Waals surface area contributed by atoms with Gasteiger partial charge in [0.05, 0.1) is 0 Å². The summed E-state index contributed by atoms with van der Waals surface area (Å²) in [5.41, 5.74) is 1.24. The number of piperidine rings is 1. The number of nitrogens with zero attached hydrogens (tertiary/aromatic N) is 4. The number of aromatic nitrogens is 2. The zero-order valence-electron chi connectivity index (χ0n) is 14.1. The molecule has 0 aliphatic carbocycles. The third kappa shape index (κ3) is 3.84. The zero-order valence-corrected chi connectivity index (χ0v) is 14.1. The monoisotopic (exact) mass is 291 g/mol. The first-order valence-corrected chi connectivity index (χ1v) is 7.95. The molecule has 0 aromatic carbocycles. The van der Waals surface area contributed by atoms with Crippen LogP contribution in [0.3, 0.4) is 0 Å². The fraction of sp³-hybridized carbons (Fsp3) is 0.750. The average Bonchev–Trinajstić information content (AvgIpc) is 2.46.